The van der Waals surface area contributed by atoms with E-state index in [1.165, 1.54) is 11.8 Å². The average molecular weight is 559 g/mol. The summed E-state index contributed by atoms with van der Waals surface area (Å²) in [5.41, 5.74) is 6.04. The number of hydrogen-bond donors (Lipinski definition) is 2. The first-order valence-electron chi connectivity index (χ1n) is 12.9. The second kappa shape index (κ2) is 15.4. The molecule has 6 nitrogen and oxygen atoms in total. The number of pyridine rings is 1. The van der Waals surface area contributed by atoms with Crippen molar-refractivity contribution in [1.29, 1.82) is 0 Å². The van der Waals surface area contributed by atoms with Crippen LogP contribution in [0.3, 0.4) is 0 Å². The number of amides is 1. The van der Waals surface area contributed by atoms with Gasteiger partial charge in [0.1, 0.15) is 6.10 Å². The molecule has 0 aliphatic heterocycles. The zero-order valence-corrected chi connectivity index (χ0v) is 24.2. The maximum atomic E-state index is 13.3. The summed E-state index contributed by atoms with van der Waals surface area (Å²) in [5.74, 6) is -1.18. The van der Waals surface area contributed by atoms with Crippen molar-refractivity contribution >= 4 is 35.8 Å². The molecule has 0 saturated carbocycles. The fraction of sp³-hybridized carbons (Fsp3) is 0.182. The molecule has 2 atom stereocenters. The van der Waals surface area contributed by atoms with Gasteiger partial charge in [0.2, 0.25) is 0 Å². The van der Waals surface area contributed by atoms with E-state index >= 15 is 0 Å². The monoisotopic (exact) mass is 558 g/mol. The van der Waals surface area contributed by atoms with Gasteiger partial charge >= 0.3 is 18.9 Å². The molecule has 1 aromatic heterocycles. The van der Waals surface area contributed by atoms with E-state index in [2.05, 4.69) is 10.3 Å². The Labute approximate surface area is 257 Å². The molecule has 1 amide bonds. The Morgan fingerprint density at radius 3 is 2.44 bits per heavy atom. The summed E-state index contributed by atoms with van der Waals surface area (Å²) in [4.78, 5) is 29.2. The molecule has 2 N–H and O–H groups in total. The van der Waals surface area contributed by atoms with E-state index in [9.17, 15) is 19.8 Å². The van der Waals surface area contributed by atoms with Gasteiger partial charge < -0.3 is 20.3 Å². The molecule has 4 aromatic rings. The van der Waals surface area contributed by atoms with Crippen molar-refractivity contribution in [2.75, 3.05) is 12.0 Å². The van der Waals surface area contributed by atoms with Gasteiger partial charge in [-0.15, -0.1) is 0 Å². The van der Waals surface area contributed by atoms with Crippen LogP contribution in [0.1, 0.15) is 50.7 Å². The predicted octanol–water partition coefficient (Wildman–Crippen LogP) is 1.91. The molecule has 3 aromatic carbocycles. The Morgan fingerprint density at radius 2 is 1.73 bits per heavy atom. The van der Waals surface area contributed by atoms with Gasteiger partial charge in [-0.3, -0.25) is 9.78 Å². The molecule has 1 unspecified atom stereocenters. The van der Waals surface area contributed by atoms with Crippen LogP contribution in [0.15, 0.2) is 91.3 Å². The minimum Gasteiger partial charge on any atom is -0.548 e. The number of thioether (sulfide) groups is 1. The molecule has 1 heterocycles. The number of hydrogen-bond acceptors (Lipinski definition) is 6. The largest absolute Gasteiger partial charge is 1.00 e. The van der Waals surface area contributed by atoms with E-state index in [0.717, 1.165) is 33.4 Å². The van der Waals surface area contributed by atoms with Crippen LogP contribution in [0.5, 0.6) is 0 Å². The van der Waals surface area contributed by atoms with Gasteiger partial charge in [-0.25, -0.2) is 0 Å². The molecule has 0 bridgehead atoms. The second-order valence-corrected chi connectivity index (χ2v) is 10.4. The fourth-order valence-corrected chi connectivity index (χ4v) is 4.96. The summed E-state index contributed by atoms with van der Waals surface area (Å²) in [6, 6.07) is 23.3. The molecule has 0 saturated heterocycles. The Kier molecular flexibility index (Phi) is 12.0. The number of aliphatic hydroxyl groups excluding tert-OH is 1. The number of aryl methyl sites for hydroxylation is 1. The number of carboxylic acid groups (broad SMARTS) is 1. The van der Waals surface area contributed by atoms with E-state index in [4.69, 9.17) is 0 Å². The molecule has 0 spiro atoms. The summed E-state index contributed by atoms with van der Waals surface area (Å²) in [6.07, 6.45) is 8.51. The number of aromatic nitrogens is 1. The molecule has 41 heavy (non-hydrogen) atoms. The quantitative estimate of drug-likeness (QED) is 0.273. The van der Waals surface area contributed by atoms with Crippen LogP contribution >= 0.6 is 11.8 Å². The third kappa shape index (κ3) is 8.22. The van der Waals surface area contributed by atoms with Crippen molar-refractivity contribution < 1.29 is 38.7 Å². The molecule has 0 aliphatic rings. The average Bonchev–Trinajstić information content (AvgIpc) is 2.98. The maximum Gasteiger partial charge on any atom is 1.00 e. The van der Waals surface area contributed by atoms with Gasteiger partial charge in [0.05, 0.1) is 12.0 Å². The van der Waals surface area contributed by atoms with E-state index in [0.29, 0.717) is 16.9 Å². The van der Waals surface area contributed by atoms with Crippen molar-refractivity contribution in [2.24, 2.45) is 0 Å². The first kappa shape index (κ1) is 31.9. The minimum absolute atomic E-state index is 0. The van der Waals surface area contributed by atoms with Crippen LogP contribution in [0.25, 0.3) is 23.3 Å². The number of carbonyl (C=O) groups is 2. The predicted molar refractivity (Wildman–Crippen MR) is 160 cm³/mol. The summed E-state index contributed by atoms with van der Waals surface area (Å²) in [6.45, 7) is 1.97. The van der Waals surface area contributed by atoms with Gasteiger partial charge in [-0.2, -0.15) is 11.8 Å². The van der Waals surface area contributed by atoms with Gasteiger partial charge in [-0.1, -0.05) is 72.8 Å². The number of nitrogens with one attached hydrogen (secondary N) is 1. The maximum absolute atomic E-state index is 13.3. The fourth-order valence-electron chi connectivity index (χ4n) is 4.49. The number of nitrogens with zero attached hydrogens (tertiary/aromatic N) is 1. The van der Waals surface area contributed by atoms with E-state index in [1.54, 1.807) is 24.5 Å². The third-order valence-corrected chi connectivity index (χ3v) is 7.32. The normalized spacial score (nSPS) is 12.4. The number of aliphatic hydroxyl groups is 1. The number of benzene rings is 3. The molecule has 204 valence electrons. The molecular weight excluding hydrogens is 527 g/mol. The Bertz CT molecular complexity index is 1510. The van der Waals surface area contributed by atoms with Crippen molar-refractivity contribution in [1.82, 2.24) is 10.3 Å². The van der Waals surface area contributed by atoms with Gasteiger partial charge in [0, 0.05) is 18.0 Å². The van der Waals surface area contributed by atoms with E-state index in [1.807, 2.05) is 92.1 Å². The summed E-state index contributed by atoms with van der Waals surface area (Å²) >= 11 is 1.51. The molecule has 0 radical (unpaired) electrons. The van der Waals surface area contributed by atoms with Crippen LogP contribution in [-0.4, -0.2) is 40.0 Å². The first-order valence-corrected chi connectivity index (χ1v) is 14.3. The number of aliphatic carboxylic acids is 1. The third-order valence-electron chi connectivity index (χ3n) is 6.68. The Balaban J connectivity index is 0.00000462. The molecule has 4 rings (SSSR count). The number of rotatable bonds is 11. The van der Waals surface area contributed by atoms with Crippen molar-refractivity contribution in [2.45, 2.75) is 25.5 Å². The van der Waals surface area contributed by atoms with Crippen molar-refractivity contribution in [3.05, 3.63) is 125 Å². The van der Waals surface area contributed by atoms with Crippen LogP contribution in [0, 0.1) is 6.92 Å². The Morgan fingerprint density at radius 1 is 1.00 bits per heavy atom. The molecule has 0 aliphatic carbocycles. The minimum atomic E-state index is -1.30. The Hall–Kier alpha value is -3.60. The summed E-state index contributed by atoms with van der Waals surface area (Å²) in [7, 11) is 0. The smallest absolute Gasteiger partial charge is 0.548 e. The summed E-state index contributed by atoms with van der Waals surface area (Å²) in [5, 5.41) is 25.3. The van der Waals surface area contributed by atoms with Crippen LogP contribution in [0.2, 0.25) is 0 Å². The topological polar surface area (TPSA) is 102 Å². The van der Waals surface area contributed by atoms with E-state index < -0.39 is 24.0 Å². The van der Waals surface area contributed by atoms with Gasteiger partial charge in [0.15, 0.2) is 0 Å². The summed E-state index contributed by atoms with van der Waals surface area (Å²) < 4.78 is 0. The van der Waals surface area contributed by atoms with Crippen LogP contribution in [-0.2, 0) is 4.79 Å². The van der Waals surface area contributed by atoms with Gasteiger partial charge in [-0.05, 0) is 82.5 Å². The number of carboxylic acids is 1. The van der Waals surface area contributed by atoms with Crippen molar-refractivity contribution in [3.63, 3.8) is 0 Å². The second-order valence-electron chi connectivity index (χ2n) is 9.40. The van der Waals surface area contributed by atoms with Crippen LogP contribution < -0.4 is 29.3 Å². The standard InChI is InChI=1S/C33H32N2O4S.Li/c1-22-8-6-7-11-26(22)29-20-23(13-15-28(29)32(37)35-30(33(38)39)17-19-40-2)12-14-25-21-34-18-16-27(25)31(36)24-9-4-3-5-10-24;/h3-16,18,20-21,30-31,36H,17,19H2,1-2H3,(H,35,37)(H,38,39);/q;+1/p-1/t30-,31?;/m0./s1. The van der Waals surface area contributed by atoms with Gasteiger partial charge in [0.25, 0.3) is 5.91 Å². The first-order chi connectivity index (χ1) is 19.4. The molecule has 8 heteroatoms. The van der Waals surface area contributed by atoms with Crippen molar-refractivity contribution in [3.8, 4) is 11.1 Å². The van der Waals surface area contributed by atoms with E-state index in [-0.39, 0.29) is 25.3 Å². The zero-order valence-electron chi connectivity index (χ0n) is 23.4. The van der Waals surface area contributed by atoms with Crippen LogP contribution in [0.4, 0.5) is 0 Å². The molecule has 0 fully saturated rings. The molecular formula is C33H31LiN2O4S. The number of carbonyl (C=O) groups excluding carboxylic acids is 2. The SMILES string of the molecule is CSCC[C@H](NC(=O)c1ccc(C=Cc2cnccc2C(O)c2ccccc2)cc1-c1ccccc1C)C(=O)[O-].[Li+]. The zero-order chi connectivity index (χ0) is 28.5.